The maximum atomic E-state index is 12.0. The lowest BCUT2D eigenvalue weighted by atomic mass is 10.1. The molecule has 1 atom stereocenters. The van der Waals surface area contributed by atoms with Gasteiger partial charge in [-0.2, -0.15) is 0 Å². The zero-order valence-electron chi connectivity index (χ0n) is 18.1. The summed E-state index contributed by atoms with van der Waals surface area (Å²) in [5.41, 5.74) is 0.610. The molecular formula is C19H36IN5O2S. The van der Waals surface area contributed by atoms with Crippen LogP contribution in [0.1, 0.15) is 71.0 Å². The molecule has 0 radical (unpaired) electrons. The fraction of sp³-hybridized carbons (Fsp3) is 0.737. The van der Waals surface area contributed by atoms with Crippen molar-refractivity contribution in [3.63, 3.8) is 0 Å². The fourth-order valence-corrected chi connectivity index (χ4v) is 3.21. The number of alkyl carbamates (subject to hydrolysis) is 1. The molecule has 0 saturated heterocycles. The van der Waals surface area contributed by atoms with E-state index in [0.29, 0.717) is 25.0 Å². The summed E-state index contributed by atoms with van der Waals surface area (Å²) in [5, 5.41) is 12.6. The lowest BCUT2D eigenvalue weighted by molar-refractivity contribution is 0.0502. The molecule has 0 aliphatic rings. The van der Waals surface area contributed by atoms with E-state index in [-0.39, 0.29) is 30.0 Å². The van der Waals surface area contributed by atoms with E-state index in [1.165, 1.54) is 0 Å². The second-order valence-electron chi connectivity index (χ2n) is 7.76. The van der Waals surface area contributed by atoms with Crippen LogP contribution in [-0.2, 0) is 11.3 Å². The van der Waals surface area contributed by atoms with Crippen molar-refractivity contribution in [1.82, 2.24) is 20.9 Å². The van der Waals surface area contributed by atoms with E-state index in [9.17, 15) is 4.79 Å². The van der Waals surface area contributed by atoms with Crippen LogP contribution in [-0.4, -0.2) is 42.3 Å². The molecule has 1 heterocycles. The quantitative estimate of drug-likeness (QED) is 0.269. The summed E-state index contributed by atoms with van der Waals surface area (Å²) in [6, 6.07) is -0.0317. The largest absolute Gasteiger partial charge is 0.444 e. The highest BCUT2D eigenvalue weighted by atomic mass is 127. The summed E-state index contributed by atoms with van der Waals surface area (Å²) in [6.45, 7) is 13.1. The van der Waals surface area contributed by atoms with Gasteiger partial charge in [-0.25, -0.2) is 9.78 Å². The summed E-state index contributed by atoms with van der Waals surface area (Å²) in [6.07, 6.45) is 1.42. The van der Waals surface area contributed by atoms with Crippen molar-refractivity contribution in [3.05, 3.63) is 16.1 Å². The van der Waals surface area contributed by atoms with Gasteiger partial charge < -0.3 is 20.7 Å². The van der Waals surface area contributed by atoms with Crippen LogP contribution in [0.4, 0.5) is 4.79 Å². The number of rotatable bonds is 8. The van der Waals surface area contributed by atoms with Crippen LogP contribution in [0.15, 0.2) is 10.4 Å². The molecule has 1 aromatic rings. The number of hydrogen-bond acceptors (Lipinski definition) is 5. The molecule has 1 unspecified atom stereocenters. The molecule has 3 N–H and O–H groups in total. The molecule has 0 saturated carbocycles. The molecular weight excluding hydrogens is 489 g/mol. The van der Waals surface area contributed by atoms with Crippen LogP contribution in [0.5, 0.6) is 0 Å². The van der Waals surface area contributed by atoms with Gasteiger partial charge in [0.1, 0.15) is 10.6 Å². The van der Waals surface area contributed by atoms with Gasteiger partial charge in [0.25, 0.3) is 0 Å². The number of carbonyl (C=O) groups is 1. The first-order valence-corrected chi connectivity index (χ1v) is 10.4. The Balaban J connectivity index is 0.00000729. The Kier molecular flexibility index (Phi) is 12.7. The average Bonchev–Trinajstić information content (AvgIpc) is 3.02. The number of ether oxygens (including phenoxy) is 1. The Morgan fingerprint density at radius 1 is 1.32 bits per heavy atom. The normalized spacial score (nSPS) is 12.9. The number of nitrogens with zero attached hydrogens (tertiary/aromatic N) is 2. The smallest absolute Gasteiger partial charge is 0.407 e. The molecule has 7 nitrogen and oxygen atoms in total. The molecule has 28 heavy (non-hydrogen) atoms. The lowest BCUT2D eigenvalue weighted by Gasteiger charge is -2.24. The highest BCUT2D eigenvalue weighted by molar-refractivity contribution is 14.0. The number of aromatic nitrogens is 1. The van der Waals surface area contributed by atoms with Crippen LogP contribution in [0.2, 0.25) is 0 Å². The van der Waals surface area contributed by atoms with Crippen molar-refractivity contribution in [3.8, 4) is 0 Å². The number of guanidine groups is 1. The van der Waals surface area contributed by atoms with Crippen LogP contribution in [0.25, 0.3) is 0 Å². The van der Waals surface area contributed by atoms with E-state index in [1.54, 1.807) is 18.4 Å². The highest BCUT2D eigenvalue weighted by Crippen LogP contribution is 2.17. The number of aliphatic imine (C=N–C) groups is 1. The zero-order valence-corrected chi connectivity index (χ0v) is 21.2. The molecule has 1 amide bonds. The van der Waals surface area contributed by atoms with Crippen molar-refractivity contribution in [2.24, 2.45) is 4.99 Å². The predicted octanol–water partition coefficient (Wildman–Crippen LogP) is 4.24. The van der Waals surface area contributed by atoms with E-state index in [2.05, 4.69) is 52.1 Å². The van der Waals surface area contributed by atoms with Gasteiger partial charge in [0.2, 0.25) is 0 Å². The van der Waals surface area contributed by atoms with Crippen molar-refractivity contribution < 1.29 is 9.53 Å². The zero-order chi connectivity index (χ0) is 20.4. The Bertz CT molecular complexity index is 614. The maximum absolute atomic E-state index is 12.0. The summed E-state index contributed by atoms with van der Waals surface area (Å²) < 4.78 is 5.34. The van der Waals surface area contributed by atoms with Crippen molar-refractivity contribution in [2.45, 2.75) is 78.5 Å². The van der Waals surface area contributed by atoms with Gasteiger partial charge in [-0.3, -0.25) is 4.99 Å². The van der Waals surface area contributed by atoms with Crippen molar-refractivity contribution in [1.29, 1.82) is 0 Å². The number of halogens is 1. The third-order valence-electron chi connectivity index (χ3n) is 3.67. The number of nitrogens with one attached hydrogen (secondary N) is 3. The Morgan fingerprint density at radius 3 is 2.50 bits per heavy atom. The molecule has 9 heteroatoms. The topological polar surface area (TPSA) is 87.6 Å². The van der Waals surface area contributed by atoms with E-state index in [0.717, 1.165) is 23.5 Å². The van der Waals surface area contributed by atoms with E-state index >= 15 is 0 Å². The molecule has 162 valence electrons. The molecule has 0 aliphatic heterocycles. The Labute approximate surface area is 190 Å². The number of amides is 1. The maximum Gasteiger partial charge on any atom is 0.407 e. The molecule has 0 aliphatic carbocycles. The molecule has 1 aromatic heterocycles. The SMILES string of the molecule is CCCC(CNC(=NC)NCc1nc(C(C)C)cs1)NC(=O)OC(C)(C)C.I. The average molecular weight is 526 g/mol. The molecule has 0 aromatic carbocycles. The van der Waals surface area contributed by atoms with Gasteiger partial charge in [0.15, 0.2) is 5.96 Å². The number of thiazole rings is 1. The van der Waals surface area contributed by atoms with Gasteiger partial charge in [-0.05, 0) is 33.1 Å². The monoisotopic (exact) mass is 525 g/mol. The third-order valence-corrected chi connectivity index (χ3v) is 4.53. The van der Waals surface area contributed by atoms with Crippen LogP contribution < -0.4 is 16.0 Å². The predicted molar refractivity (Wildman–Crippen MR) is 128 cm³/mol. The van der Waals surface area contributed by atoms with E-state index in [1.807, 2.05) is 20.8 Å². The fourth-order valence-electron chi connectivity index (χ4n) is 2.32. The van der Waals surface area contributed by atoms with Crippen LogP contribution in [0.3, 0.4) is 0 Å². The minimum absolute atomic E-state index is 0. The Hall–Kier alpha value is -1.10. The Morgan fingerprint density at radius 2 is 2.00 bits per heavy atom. The lowest BCUT2D eigenvalue weighted by Crippen LogP contribution is -2.48. The molecule has 0 fully saturated rings. The van der Waals surface area contributed by atoms with Crippen molar-refractivity contribution in [2.75, 3.05) is 13.6 Å². The second kappa shape index (κ2) is 13.2. The van der Waals surface area contributed by atoms with E-state index < -0.39 is 11.7 Å². The van der Waals surface area contributed by atoms with Gasteiger partial charge in [-0.1, -0.05) is 27.2 Å². The third kappa shape index (κ3) is 11.0. The van der Waals surface area contributed by atoms with Crippen LogP contribution in [0, 0.1) is 0 Å². The first kappa shape index (κ1) is 26.9. The number of carbonyl (C=O) groups excluding carboxylic acids is 1. The first-order valence-electron chi connectivity index (χ1n) is 9.53. The minimum atomic E-state index is -0.506. The van der Waals surface area contributed by atoms with E-state index in [4.69, 9.17) is 4.74 Å². The number of hydrogen-bond donors (Lipinski definition) is 3. The molecule has 0 bridgehead atoms. The van der Waals surface area contributed by atoms with Crippen molar-refractivity contribution >= 4 is 47.4 Å². The van der Waals surface area contributed by atoms with Gasteiger partial charge in [-0.15, -0.1) is 35.3 Å². The summed E-state index contributed by atoms with van der Waals surface area (Å²) in [4.78, 5) is 20.9. The summed E-state index contributed by atoms with van der Waals surface area (Å²) in [7, 11) is 1.73. The highest BCUT2D eigenvalue weighted by Gasteiger charge is 2.19. The van der Waals surface area contributed by atoms with Gasteiger partial charge >= 0.3 is 6.09 Å². The second-order valence-corrected chi connectivity index (χ2v) is 8.70. The van der Waals surface area contributed by atoms with Gasteiger partial charge in [0.05, 0.1) is 12.2 Å². The standard InChI is InChI=1S/C19H35N5O2S.HI/c1-8-9-14(23-18(25)26-19(4,5)6)10-21-17(20-7)22-11-16-24-15(12-27-16)13(2)3;/h12-14H,8-11H2,1-7H3,(H,23,25)(H2,20,21,22);1H. The van der Waals surface area contributed by atoms with Crippen LogP contribution >= 0.6 is 35.3 Å². The molecule has 1 rings (SSSR count). The first-order chi connectivity index (χ1) is 12.6. The minimum Gasteiger partial charge on any atom is -0.444 e. The van der Waals surface area contributed by atoms with Gasteiger partial charge in [0, 0.05) is 25.0 Å². The summed E-state index contributed by atoms with van der Waals surface area (Å²) >= 11 is 1.65. The molecule has 0 spiro atoms. The summed E-state index contributed by atoms with van der Waals surface area (Å²) in [5.74, 6) is 1.12.